The van der Waals surface area contributed by atoms with Gasteiger partial charge >= 0.3 is 0 Å². The molecule has 2 aromatic heterocycles. The van der Waals surface area contributed by atoms with Crippen LogP contribution in [0.3, 0.4) is 0 Å². The molecule has 0 spiro atoms. The lowest BCUT2D eigenvalue weighted by atomic mass is 10.1. The van der Waals surface area contributed by atoms with Crippen LogP contribution in [0.1, 0.15) is 16.1 Å². The van der Waals surface area contributed by atoms with Gasteiger partial charge in [-0.2, -0.15) is 0 Å². The fourth-order valence-corrected chi connectivity index (χ4v) is 2.78. The molecule has 18 heavy (non-hydrogen) atoms. The lowest BCUT2D eigenvalue weighted by Gasteiger charge is -2.04. The van der Waals surface area contributed by atoms with Crippen LogP contribution in [0.2, 0.25) is 0 Å². The molecular formula is C14H15N3S. The number of hydrogen-bond donors (Lipinski definition) is 2. The Morgan fingerprint density at radius 2 is 2.22 bits per heavy atom. The van der Waals surface area contributed by atoms with Crippen LogP contribution in [0.15, 0.2) is 36.0 Å². The number of aryl methyl sites for hydroxylation is 1. The van der Waals surface area contributed by atoms with Gasteiger partial charge in [0.25, 0.3) is 0 Å². The van der Waals surface area contributed by atoms with Crippen molar-refractivity contribution in [2.24, 2.45) is 0 Å². The summed E-state index contributed by atoms with van der Waals surface area (Å²) in [6, 6.07) is 8.61. The highest BCUT2D eigenvalue weighted by atomic mass is 32.1. The van der Waals surface area contributed by atoms with E-state index < -0.39 is 0 Å². The zero-order chi connectivity index (χ0) is 12.4. The Labute approximate surface area is 110 Å². The van der Waals surface area contributed by atoms with Crippen molar-refractivity contribution in [3.8, 4) is 0 Å². The summed E-state index contributed by atoms with van der Waals surface area (Å²) in [5, 5.41) is 4.73. The number of nitrogens with zero attached hydrogens (tertiary/aromatic N) is 1. The Bertz CT molecular complexity index is 654. The maximum absolute atomic E-state index is 4.25. The van der Waals surface area contributed by atoms with Crippen molar-refractivity contribution in [1.29, 1.82) is 0 Å². The largest absolute Gasteiger partial charge is 0.361 e. The summed E-state index contributed by atoms with van der Waals surface area (Å²) in [7, 11) is 0. The van der Waals surface area contributed by atoms with Crippen LogP contribution in [0.4, 0.5) is 0 Å². The van der Waals surface area contributed by atoms with Gasteiger partial charge in [-0.1, -0.05) is 6.07 Å². The van der Waals surface area contributed by atoms with E-state index in [4.69, 9.17) is 0 Å². The molecule has 0 amide bonds. The second-order valence-electron chi connectivity index (χ2n) is 4.36. The van der Waals surface area contributed by atoms with Gasteiger partial charge in [-0.15, -0.1) is 11.3 Å². The number of nitrogens with one attached hydrogen (secondary N) is 2. The van der Waals surface area contributed by atoms with E-state index in [2.05, 4.69) is 46.5 Å². The number of benzene rings is 1. The predicted molar refractivity (Wildman–Crippen MR) is 75.7 cm³/mol. The minimum Gasteiger partial charge on any atom is -0.361 e. The van der Waals surface area contributed by atoms with E-state index in [1.165, 1.54) is 21.3 Å². The summed E-state index contributed by atoms with van der Waals surface area (Å²) in [5.41, 5.74) is 5.54. The third-order valence-corrected chi connectivity index (χ3v) is 4.01. The van der Waals surface area contributed by atoms with Gasteiger partial charge in [-0.25, -0.2) is 4.98 Å². The fourth-order valence-electron chi connectivity index (χ4n) is 2.03. The topological polar surface area (TPSA) is 40.7 Å². The Balaban J connectivity index is 1.64. The Morgan fingerprint density at radius 1 is 1.28 bits per heavy atom. The molecule has 3 rings (SSSR count). The highest BCUT2D eigenvalue weighted by Crippen LogP contribution is 2.15. The highest BCUT2D eigenvalue weighted by molar-refractivity contribution is 7.09. The minimum atomic E-state index is 0.887. The third kappa shape index (κ3) is 2.30. The standard InChI is InChI=1S/C14H15N3S/c1-10-14(18-9-17-10)8-15-7-11-2-3-13-12(6-11)4-5-16-13/h2-6,9,15-16H,7-8H2,1H3. The van der Waals surface area contributed by atoms with Crippen LogP contribution in [0, 0.1) is 6.92 Å². The van der Waals surface area contributed by atoms with Gasteiger partial charge in [0.15, 0.2) is 0 Å². The molecule has 0 atom stereocenters. The van der Waals surface area contributed by atoms with E-state index in [1.54, 1.807) is 11.3 Å². The number of aromatic amines is 1. The zero-order valence-electron chi connectivity index (χ0n) is 10.2. The normalized spacial score (nSPS) is 11.2. The van der Waals surface area contributed by atoms with E-state index in [0.29, 0.717) is 0 Å². The van der Waals surface area contributed by atoms with E-state index in [0.717, 1.165) is 18.8 Å². The smallest absolute Gasteiger partial charge is 0.0798 e. The summed E-state index contributed by atoms with van der Waals surface area (Å²) >= 11 is 1.71. The van der Waals surface area contributed by atoms with Crippen molar-refractivity contribution in [3.63, 3.8) is 0 Å². The first-order valence-corrected chi connectivity index (χ1v) is 6.86. The maximum Gasteiger partial charge on any atom is 0.0798 e. The Morgan fingerprint density at radius 3 is 3.06 bits per heavy atom. The molecule has 0 bridgehead atoms. The van der Waals surface area contributed by atoms with E-state index in [1.807, 2.05) is 11.7 Å². The van der Waals surface area contributed by atoms with Crippen molar-refractivity contribution in [1.82, 2.24) is 15.3 Å². The maximum atomic E-state index is 4.25. The Kier molecular flexibility index (Phi) is 3.13. The van der Waals surface area contributed by atoms with Crippen LogP contribution in [0.5, 0.6) is 0 Å². The SMILES string of the molecule is Cc1ncsc1CNCc1ccc2[nH]ccc2c1. The molecular weight excluding hydrogens is 242 g/mol. The third-order valence-electron chi connectivity index (χ3n) is 3.08. The van der Waals surface area contributed by atoms with Gasteiger partial charge in [-0.05, 0) is 36.1 Å². The van der Waals surface area contributed by atoms with Crippen molar-refractivity contribution >= 4 is 22.2 Å². The second-order valence-corrected chi connectivity index (χ2v) is 5.30. The summed E-state index contributed by atoms with van der Waals surface area (Å²) in [5.74, 6) is 0. The molecule has 0 saturated carbocycles. The monoisotopic (exact) mass is 257 g/mol. The van der Waals surface area contributed by atoms with Crippen molar-refractivity contribution < 1.29 is 0 Å². The lowest BCUT2D eigenvalue weighted by molar-refractivity contribution is 0.697. The van der Waals surface area contributed by atoms with Gasteiger partial charge < -0.3 is 10.3 Å². The average molecular weight is 257 g/mol. The number of aromatic nitrogens is 2. The number of thiazole rings is 1. The molecule has 92 valence electrons. The predicted octanol–water partition coefficient (Wildman–Crippen LogP) is 3.22. The number of rotatable bonds is 4. The van der Waals surface area contributed by atoms with Gasteiger partial charge in [0.2, 0.25) is 0 Å². The van der Waals surface area contributed by atoms with Crippen LogP contribution < -0.4 is 5.32 Å². The molecule has 4 heteroatoms. The molecule has 1 aromatic carbocycles. The number of hydrogen-bond acceptors (Lipinski definition) is 3. The molecule has 0 fully saturated rings. The number of fused-ring (bicyclic) bond motifs is 1. The van der Waals surface area contributed by atoms with Crippen LogP contribution in [-0.4, -0.2) is 9.97 Å². The first-order valence-electron chi connectivity index (χ1n) is 5.98. The molecule has 0 saturated heterocycles. The van der Waals surface area contributed by atoms with Gasteiger partial charge in [0, 0.05) is 29.7 Å². The molecule has 0 radical (unpaired) electrons. The highest BCUT2D eigenvalue weighted by Gasteiger charge is 2.01. The summed E-state index contributed by atoms with van der Waals surface area (Å²) < 4.78 is 0. The zero-order valence-corrected chi connectivity index (χ0v) is 11.1. The van der Waals surface area contributed by atoms with Gasteiger partial charge in [0.05, 0.1) is 11.2 Å². The van der Waals surface area contributed by atoms with Crippen LogP contribution in [0.25, 0.3) is 10.9 Å². The molecule has 2 N–H and O–H groups in total. The van der Waals surface area contributed by atoms with Gasteiger partial charge in [-0.3, -0.25) is 0 Å². The van der Waals surface area contributed by atoms with Crippen molar-refractivity contribution in [2.75, 3.05) is 0 Å². The second kappa shape index (κ2) is 4.92. The van der Waals surface area contributed by atoms with E-state index >= 15 is 0 Å². The fraction of sp³-hybridized carbons (Fsp3) is 0.214. The van der Waals surface area contributed by atoms with Gasteiger partial charge in [0.1, 0.15) is 0 Å². The molecule has 0 aliphatic rings. The molecule has 2 heterocycles. The summed E-state index contributed by atoms with van der Waals surface area (Å²) in [6.07, 6.45) is 1.97. The van der Waals surface area contributed by atoms with Crippen molar-refractivity contribution in [3.05, 3.63) is 52.1 Å². The minimum absolute atomic E-state index is 0.887. The quantitative estimate of drug-likeness (QED) is 0.753. The molecule has 3 aromatic rings. The first kappa shape index (κ1) is 11.4. The van der Waals surface area contributed by atoms with Crippen LogP contribution in [-0.2, 0) is 13.1 Å². The number of H-pyrrole nitrogens is 1. The summed E-state index contributed by atoms with van der Waals surface area (Å²) in [6.45, 7) is 3.83. The van der Waals surface area contributed by atoms with Crippen LogP contribution >= 0.6 is 11.3 Å². The Hall–Kier alpha value is -1.65. The molecule has 0 unspecified atom stereocenters. The molecule has 0 aliphatic carbocycles. The average Bonchev–Trinajstić information content (AvgIpc) is 2.98. The lowest BCUT2D eigenvalue weighted by Crippen LogP contribution is -2.12. The van der Waals surface area contributed by atoms with Crippen molar-refractivity contribution in [2.45, 2.75) is 20.0 Å². The molecule has 3 nitrogen and oxygen atoms in total. The van der Waals surface area contributed by atoms with E-state index in [9.17, 15) is 0 Å². The summed E-state index contributed by atoms with van der Waals surface area (Å²) in [4.78, 5) is 8.77. The van der Waals surface area contributed by atoms with E-state index in [-0.39, 0.29) is 0 Å². The first-order chi connectivity index (χ1) is 8.83. The molecule has 0 aliphatic heterocycles.